The van der Waals surface area contributed by atoms with Crippen LogP contribution >= 0.6 is 0 Å². The van der Waals surface area contributed by atoms with Crippen LogP contribution in [0.4, 0.5) is 4.39 Å². The van der Waals surface area contributed by atoms with E-state index in [0.29, 0.717) is 12.2 Å². The Morgan fingerprint density at radius 3 is 2.67 bits per heavy atom. The van der Waals surface area contributed by atoms with Gasteiger partial charge >= 0.3 is 0 Å². The van der Waals surface area contributed by atoms with Gasteiger partial charge in [-0.2, -0.15) is 0 Å². The average Bonchev–Trinajstić information content (AvgIpc) is 2.38. The van der Waals surface area contributed by atoms with Gasteiger partial charge in [-0.1, -0.05) is 12.1 Å². The Morgan fingerprint density at radius 1 is 1.28 bits per heavy atom. The highest BCUT2D eigenvalue weighted by atomic mass is 19.1. The lowest BCUT2D eigenvalue weighted by atomic mass is 10.2. The van der Waals surface area contributed by atoms with Crippen LogP contribution in [0.5, 0.6) is 0 Å². The quantitative estimate of drug-likeness (QED) is 0.897. The van der Waals surface area contributed by atoms with Crippen molar-refractivity contribution < 1.29 is 9.18 Å². The minimum Gasteiger partial charge on any atom is -0.347 e. The van der Waals surface area contributed by atoms with E-state index in [1.807, 2.05) is 0 Å². The number of benzene rings is 1. The first-order valence-corrected chi connectivity index (χ1v) is 5.46. The van der Waals surface area contributed by atoms with E-state index in [1.165, 1.54) is 18.5 Å². The molecule has 1 aromatic carbocycles. The second kappa shape index (κ2) is 5.35. The van der Waals surface area contributed by atoms with Crippen molar-refractivity contribution in [2.24, 2.45) is 0 Å². The third-order valence-corrected chi connectivity index (χ3v) is 2.40. The fourth-order valence-electron chi connectivity index (χ4n) is 1.45. The molecule has 0 saturated carbocycles. The van der Waals surface area contributed by atoms with Crippen molar-refractivity contribution in [3.8, 4) is 0 Å². The molecule has 0 fully saturated rings. The van der Waals surface area contributed by atoms with E-state index in [2.05, 4.69) is 15.3 Å². The lowest BCUT2D eigenvalue weighted by Crippen LogP contribution is -2.24. The molecule has 92 valence electrons. The second-order valence-electron chi connectivity index (χ2n) is 3.85. The lowest BCUT2D eigenvalue weighted by molar-refractivity contribution is 0.0945. The smallest absolute Gasteiger partial charge is 0.270 e. The Balaban J connectivity index is 1.98. The number of aromatic nitrogens is 2. The molecule has 4 nitrogen and oxygen atoms in total. The van der Waals surface area contributed by atoms with Gasteiger partial charge in [-0.25, -0.2) is 14.4 Å². The molecule has 0 aliphatic rings. The average molecular weight is 245 g/mol. The van der Waals surface area contributed by atoms with Gasteiger partial charge in [0.25, 0.3) is 5.91 Å². The minimum atomic E-state index is -0.295. The summed E-state index contributed by atoms with van der Waals surface area (Å²) >= 11 is 0. The van der Waals surface area contributed by atoms with E-state index >= 15 is 0 Å². The summed E-state index contributed by atoms with van der Waals surface area (Å²) in [6.45, 7) is 2.13. The first-order chi connectivity index (χ1) is 8.65. The molecule has 2 rings (SSSR count). The summed E-state index contributed by atoms with van der Waals surface area (Å²) in [4.78, 5) is 19.6. The van der Waals surface area contributed by atoms with Gasteiger partial charge in [0.05, 0.1) is 0 Å². The lowest BCUT2D eigenvalue weighted by Gasteiger charge is -2.05. The van der Waals surface area contributed by atoms with Crippen LogP contribution in [0.2, 0.25) is 0 Å². The number of nitrogens with zero attached hydrogens (tertiary/aromatic N) is 2. The molecular weight excluding hydrogens is 233 g/mol. The highest BCUT2D eigenvalue weighted by Gasteiger charge is 2.06. The number of carbonyl (C=O) groups is 1. The van der Waals surface area contributed by atoms with Gasteiger partial charge in [-0.15, -0.1) is 0 Å². The van der Waals surface area contributed by atoms with E-state index in [0.717, 1.165) is 11.3 Å². The maximum Gasteiger partial charge on any atom is 0.270 e. The number of hydrogen-bond donors (Lipinski definition) is 1. The van der Waals surface area contributed by atoms with E-state index in [-0.39, 0.29) is 11.7 Å². The first kappa shape index (κ1) is 12.2. The fraction of sp³-hybridized carbons (Fsp3) is 0.154. The highest BCUT2D eigenvalue weighted by molar-refractivity contribution is 5.92. The highest BCUT2D eigenvalue weighted by Crippen LogP contribution is 2.03. The SMILES string of the molecule is Cc1cc(C(=O)NCc2ccc(F)cc2)ncn1. The molecule has 0 aliphatic carbocycles. The summed E-state index contributed by atoms with van der Waals surface area (Å²) in [6.07, 6.45) is 1.35. The van der Waals surface area contributed by atoms with Crippen molar-refractivity contribution in [3.05, 3.63) is 59.4 Å². The van der Waals surface area contributed by atoms with Gasteiger partial charge in [0, 0.05) is 12.2 Å². The van der Waals surface area contributed by atoms with E-state index < -0.39 is 0 Å². The van der Waals surface area contributed by atoms with Crippen molar-refractivity contribution in [3.63, 3.8) is 0 Å². The number of hydrogen-bond acceptors (Lipinski definition) is 3. The van der Waals surface area contributed by atoms with Crippen LogP contribution in [0.1, 0.15) is 21.7 Å². The predicted molar refractivity (Wildman–Crippen MR) is 64.3 cm³/mol. The molecule has 18 heavy (non-hydrogen) atoms. The van der Waals surface area contributed by atoms with Gasteiger partial charge in [0.15, 0.2) is 0 Å². The molecule has 1 N–H and O–H groups in total. The summed E-state index contributed by atoms with van der Waals surface area (Å²) in [5.41, 5.74) is 1.89. The maximum atomic E-state index is 12.7. The molecular formula is C13H12FN3O. The van der Waals surface area contributed by atoms with Gasteiger partial charge in [0.2, 0.25) is 0 Å². The Morgan fingerprint density at radius 2 is 2.00 bits per heavy atom. The Kier molecular flexibility index (Phi) is 3.62. The Bertz CT molecular complexity index is 554. The molecule has 0 saturated heterocycles. The van der Waals surface area contributed by atoms with Crippen LogP contribution < -0.4 is 5.32 Å². The molecule has 2 aromatic rings. The van der Waals surface area contributed by atoms with Crippen LogP contribution in [0.3, 0.4) is 0 Å². The second-order valence-corrected chi connectivity index (χ2v) is 3.85. The number of rotatable bonds is 3. The van der Waals surface area contributed by atoms with E-state index in [9.17, 15) is 9.18 Å². The van der Waals surface area contributed by atoms with Gasteiger partial charge in [-0.05, 0) is 30.7 Å². The number of carbonyl (C=O) groups excluding carboxylic acids is 1. The van der Waals surface area contributed by atoms with Gasteiger partial charge in [0.1, 0.15) is 17.8 Å². The zero-order chi connectivity index (χ0) is 13.0. The maximum absolute atomic E-state index is 12.7. The molecule has 0 radical (unpaired) electrons. The fourth-order valence-corrected chi connectivity index (χ4v) is 1.45. The van der Waals surface area contributed by atoms with Crippen molar-refractivity contribution in [2.45, 2.75) is 13.5 Å². The summed E-state index contributed by atoms with van der Waals surface area (Å²) in [7, 11) is 0. The largest absolute Gasteiger partial charge is 0.347 e. The molecule has 0 unspecified atom stereocenters. The summed E-state index contributed by atoms with van der Waals surface area (Å²) in [5.74, 6) is -0.568. The molecule has 0 aliphatic heterocycles. The van der Waals surface area contributed by atoms with Gasteiger partial charge in [-0.3, -0.25) is 4.79 Å². The molecule has 1 aromatic heterocycles. The third kappa shape index (κ3) is 3.10. The molecule has 1 amide bonds. The van der Waals surface area contributed by atoms with Crippen molar-refractivity contribution in [1.29, 1.82) is 0 Å². The van der Waals surface area contributed by atoms with Crippen LogP contribution in [-0.4, -0.2) is 15.9 Å². The zero-order valence-electron chi connectivity index (χ0n) is 9.85. The zero-order valence-corrected chi connectivity index (χ0v) is 9.85. The van der Waals surface area contributed by atoms with Crippen molar-refractivity contribution in [2.75, 3.05) is 0 Å². The van der Waals surface area contributed by atoms with Crippen LogP contribution in [0, 0.1) is 12.7 Å². The molecule has 5 heteroatoms. The molecule has 0 bridgehead atoms. The minimum absolute atomic E-state index is 0.273. The molecule has 0 spiro atoms. The van der Waals surface area contributed by atoms with E-state index in [1.54, 1.807) is 25.1 Å². The van der Waals surface area contributed by atoms with Crippen LogP contribution in [0.25, 0.3) is 0 Å². The van der Waals surface area contributed by atoms with E-state index in [4.69, 9.17) is 0 Å². The molecule has 0 atom stereocenters. The number of amides is 1. The van der Waals surface area contributed by atoms with Crippen LogP contribution in [0.15, 0.2) is 36.7 Å². The van der Waals surface area contributed by atoms with Crippen LogP contribution in [-0.2, 0) is 6.54 Å². The predicted octanol–water partition coefficient (Wildman–Crippen LogP) is 1.85. The third-order valence-electron chi connectivity index (χ3n) is 2.40. The van der Waals surface area contributed by atoms with Crippen molar-refractivity contribution >= 4 is 5.91 Å². The normalized spacial score (nSPS) is 10.1. The summed E-state index contributed by atoms with van der Waals surface area (Å²) in [5, 5.41) is 2.71. The molecule has 1 heterocycles. The number of nitrogens with one attached hydrogen (secondary N) is 1. The summed E-state index contributed by atoms with van der Waals surface area (Å²) < 4.78 is 12.7. The topological polar surface area (TPSA) is 54.9 Å². The Labute approximate surface area is 104 Å². The number of halogens is 1. The van der Waals surface area contributed by atoms with Crippen molar-refractivity contribution in [1.82, 2.24) is 15.3 Å². The monoisotopic (exact) mass is 245 g/mol. The number of aryl methyl sites for hydroxylation is 1. The standard InChI is InChI=1S/C13H12FN3O/c1-9-6-12(17-8-16-9)13(18)15-7-10-2-4-11(14)5-3-10/h2-6,8H,7H2,1H3,(H,15,18). The Hall–Kier alpha value is -2.30. The van der Waals surface area contributed by atoms with Gasteiger partial charge < -0.3 is 5.32 Å². The summed E-state index contributed by atoms with van der Waals surface area (Å²) in [6, 6.07) is 7.58. The first-order valence-electron chi connectivity index (χ1n) is 5.46.